The number of amides is 1. The van der Waals surface area contributed by atoms with Crippen molar-refractivity contribution in [2.75, 3.05) is 44.2 Å². The highest BCUT2D eigenvalue weighted by Gasteiger charge is 2.32. The summed E-state index contributed by atoms with van der Waals surface area (Å²) in [4.78, 5) is 32.0. The fourth-order valence-corrected chi connectivity index (χ4v) is 4.81. The predicted molar refractivity (Wildman–Crippen MR) is 127 cm³/mol. The molecule has 3 heterocycles. The molecule has 1 aromatic carbocycles. The quantitative estimate of drug-likeness (QED) is 0.546. The summed E-state index contributed by atoms with van der Waals surface area (Å²) < 4.78 is 0.945. The molecule has 0 saturated carbocycles. The third-order valence-electron chi connectivity index (χ3n) is 5.89. The number of fused-ring (bicyclic) bond motifs is 1. The summed E-state index contributed by atoms with van der Waals surface area (Å²) in [7, 11) is 0. The van der Waals surface area contributed by atoms with Crippen LogP contribution in [-0.2, 0) is 4.79 Å². The second-order valence-electron chi connectivity index (χ2n) is 7.55. The monoisotopic (exact) mass is 504 g/mol. The van der Waals surface area contributed by atoms with Crippen LogP contribution in [0.5, 0.6) is 0 Å². The Morgan fingerprint density at radius 1 is 1.16 bits per heavy atom. The van der Waals surface area contributed by atoms with Gasteiger partial charge in [0.2, 0.25) is 5.91 Å². The summed E-state index contributed by atoms with van der Waals surface area (Å²) in [6.45, 7) is 8.53. The minimum absolute atomic E-state index is 0.140. The predicted octanol–water partition coefficient (Wildman–Crippen LogP) is 4.11. The van der Waals surface area contributed by atoms with Crippen LogP contribution in [0.15, 0.2) is 41.3 Å². The van der Waals surface area contributed by atoms with Gasteiger partial charge in [0, 0.05) is 41.9 Å². The molecule has 1 saturated heterocycles. The highest BCUT2D eigenvalue weighted by molar-refractivity contribution is 9.10. The zero-order valence-corrected chi connectivity index (χ0v) is 20.0. The Balaban J connectivity index is 1.53. The molecule has 1 amide bonds. The zero-order chi connectivity index (χ0) is 22.0. The molecule has 1 fully saturated rings. The van der Waals surface area contributed by atoms with E-state index in [1.165, 1.54) is 0 Å². The molecule has 9 heteroatoms. The molecular weight excluding hydrogens is 480 g/mol. The smallest absolute Gasteiger partial charge is 0.244 e. The average Bonchev–Trinajstić information content (AvgIpc) is 3.19. The molecule has 0 spiro atoms. The molecule has 0 aliphatic carbocycles. The molecule has 4 rings (SSSR count). The van der Waals surface area contributed by atoms with Crippen molar-refractivity contribution in [3.05, 3.63) is 51.8 Å². The number of carbonyl (C=O) groups excluding carboxylic acids is 1. The highest BCUT2D eigenvalue weighted by atomic mass is 79.9. The van der Waals surface area contributed by atoms with E-state index in [4.69, 9.17) is 11.6 Å². The number of aromatic nitrogens is 3. The Hall–Kier alpha value is -2.16. The number of nitrogens with one attached hydrogen (secondary N) is 1. The maximum atomic E-state index is 13.6. The van der Waals surface area contributed by atoms with Crippen molar-refractivity contribution in [1.29, 1.82) is 0 Å². The maximum absolute atomic E-state index is 13.6. The van der Waals surface area contributed by atoms with E-state index in [1.807, 2.05) is 35.4 Å². The van der Waals surface area contributed by atoms with Crippen molar-refractivity contribution < 1.29 is 4.79 Å². The van der Waals surface area contributed by atoms with Gasteiger partial charge >= 0.3 is 0 Å². The van der Waals surface area contributed by atoms with Crippen molar-refractivity contribution in [1.82, 2.24) is 24.8 Å². The number of benzene rings is 1. The summed E-state index contributed by atoms with van der Waals surface area (Å²) in [6.07, 6.45) is 3.46. The van der Waals surface area contributed by atoms with Gasteiger partial charge in [0.1, 0.15) is 23.8 Å². The van der Waals surface area contributed by atoms with Crippen molar-refractivity contribution in [3.63, 3.8) is 0 Å². The van der Waals surface area contributed by atoms with Crippen LogP contribution in [-0.4, -0.2) is 69.9 Å². The second kappa shape index (κ2) is 9.54. The van der Waals surface area contributed by atoms with E-state index < -0.39 is 0 Å². The van der Waals surface area contributed by atoms with Crippen LogP contribution in [0.25, 0.3) is 11.0 Å². The normalized spacial score (nSPS) is 15.6. The van der Waals surface area contributed by atoms with Gasteiger partial charge in [-0.15, -0.1) is 0 Å². The number of nitrogens with zero attached hydrogens (tertiary/aromatic N) is 5. The molecule has 1 aliphatic heterocycles. The minimum Gasteiger partial charge on any atom is -0.352 e. The number of hydrogen-bond acceptors (Lipinski definition) is 5. The van der Waals surface area contributed by atoms with E-state index in [0.29, 0.717) is 18.1 Å². The summed E-state index contributed by atoms with van der Waals surface area (Å²) >= 11 is 9.66. The minimum atomic E-state index is -0.302. The number of likely N-dealkylation sites (N-methyl/N-ethyl adjacent to an activating group) is 1. The first kappa shape index (κ1) is 22.0. The Kier molecular flexibility index (Phi) is 6.79. The van der Waals surface area contributed by atoms with Crippen LogP contribution in [0.3, 0.4) is 0 Å². The van der Waals surface area contributed by atoms with Crippen LogP contribution in [0.4, 0.5) is 5.82 Å². The Labute approximate surface area is 195 Å². The lowest BCUT2D eigenvalue weighted by Gasteiger charge is -2.39. The van der Waals surface area contributed by atoms with Crippen LogP contribution in [0, 0.1) is 0 Å². The van der Waals surface area contributed by atoms with Gasteiger partial charge in [-0.1, -0.05) is 37.6 Å². The van der Waals surface area contributed by atoms with Crippen molar-refractivity contribution in [3.8, 4) is 0 Å². The number of aromatic amines is 1. The molecule has 164 valence electrons. The van der Waals surface area contributed by atoms with Gasteiger partial charge in [-0.3, -0.25) is 9.69 Å². The molecule has 3 aromatic rings. The number of halogens is 2. The van der Waals surface area contributed by atoms with Crippen molar-refractivity contribution >= 4 is 50.3 Å². The molecule has 7 nitrogen and oxygen atoms in total. The molecule has 1 aliphatic rings. The third kappa shape index (κ3) is 4.42. The van der Waals surface area contributed by atoms with Gasteiger partial charge in [0.15, 0.2) is 0 Å². The summed E-state index contributed by atoms with van der Waals surface area (Å²) in [6, 6.07) is 7.33. The van der Waals surface area contributed by atoms with Crippen LogP contribution >= 0.6 is 27.5 Å². The van der Waals surface area contributed by atoms with Crippen molar-refractivity contribution in [2.45, 2.75) is 19.9 Å². The van der Waals surface area contributed by atoms with E-state index in [9.17, 15) is 4.79 Å². The highest BCUT2D eigenvalue weighted by Crippen LogP contribution is 2.31. The number of anilines is 1. The number of piperazine rings is 1. The van der Waals surface area contributed by atoms with E-state index in [-0.39, 0.29) is 11.9 Å². The largest absolute Gasteiger partial charge is 0.352 e. The number of H-pyrrole nitrogens is 1. The molecule has 1 N–H and O–H groups in total. The number of hydrogen-bond donors (Lipinski definition) is 1. The van der Waals surface area contributed by atoms with Gasteiger partial charge in [0.05, 0.1) is 5.39 Å². The number of carbonyl (C=O) groups is 1. The lowest BCUT2D eigenvalue weighted by atomic mass is 10.0. The van der Waals surface area contributed by atoms with Gasteiger partial charge in [-0.25, -0.2) is 9.97 Å². The second-order valence-corrected chi connectivity index (χ2v) is 8.84. The molecular formula is C22H26BrClN6O. The van der Waals surface area contributed by atoms with Gasteiger partial charge < -0.3 is 14.8 Å². The third-order valence-corrected chi connectivity index (χ3v) is 6.77. The molecule has 0 radical (unpaired) electrons. The number of rotatable bonds is 6. The van der Waals surface area contributed by atoms with Gasteiger partial charge in [-0.05, 0) is 46.7 Å². The van der Waals surface area contributed by atoms with Gasteiger partial charge in [0.25, 0.3) is 0 Å². The summed E-state index contributed by atoms with van der Waals surface area (Å²) in [5.74, 6) is 1.03. The fourth-order valence-electron chi connectivity index (χ4n) is 4.20. The first-order valence-electron chi connectivity index (χ1n) is 10.5. The Bertz CT molecular complexity index is 1040. The van der Waals surface area contributed by atoms with E-state index in [2.05, 4.69) is 54.5 Å². The molecule has 0 bridgehead atoms. The van der Waals surface area contributed by atoms with E-state index >= 15 is 0 Å². The Morgan fingerprint density at radius 3 is 2.48 bits per heavy atom. The molecule has 2 aromatic heterocycles. The topological polar surface area (TPSA) is 68.4 Å². The summed E-state index contributed by atoms with van der Waals surface area (Å²) in [5, 5.41) is 1.65. The van der Waals surface area contributed by atoms with Crippen molar-refractivity contribution in [2.24, 2.45) is 0 Å². The fraction of sp³-hybridized carbons (Fsp3) is 0.409. The van der Waals surface area contributed by atoms with Gasteiger partial charge in [-0.2, -0.15) is 0 Å². The van der Waals surface area contributed by atoms with Crippen LogP contribution < -0.4 is 4.90 Å². The maximum Gasteiger partial charge on any atom is 0.244 e. The first-order valence-corrected chi connectivity index (χ1v) is 11.7. The molecule has 1 atom stereocenters. The molecule has 31 heavy (non-hydrogen) atoms. The average molecular weight is 506 g/mol. The van der Waals surface area contributed by atoms with E-state index in [1.54, 1.807) is 6.33 Å². The SMILES string of the molecule is CCN(CC)C(C(=O)N1CCN(c2ncnc3[nH]cc(Br)c23)CC1)c1ccc(Cl)cc1. The van der Waals surface area contributed by atoms with Crippen LogP contribution in [0.2, 0.25) is 5.02 Å². The Morgan fingerprint density at radius 2 is 1.84 bits per heavy atom. The summed E-state index contributed by atoms with van der Waals surface area (Å²) in [5.41, 5.74) is 1.79. The lowest BCUT2D eigenvalue weighted by molar-refractivity contribution is -0.137. The first-order chi connectivity index (χ1) is 15.0. The van der Waals surface area contributed by atoms with E-state index in [0.717, 1.165) is 53.1 Å². The lowest BCUT2D eigenvalue weighted by Crippen LogP contribution is -2.52. The van der Waals surface area contributed by atoms with Crippen LogP contribution in [0.1, 0.15) is 25.5 Å². The zero-order valence-electron chi connectivity index (χ0n) is 17.7. The molecule has 1 unspecified atom stereocenters. The standard InChI is InChI=1S/C22H26BrClN6O/c1-3-28(4-2)19(15-5-7-16(24)8-6-15)22(31)30-11-9-29(10-12-30)21-18-17(23)13-25-20(18)26-14-27-21/h5-8,13-14,19H,3-4,9-12H2,1-2H3,(H,25,26,27).